The standard InChI is InChI=1S/C19H19FN2S2/c20-15-8-6-14(7-9-15)13-24-18-17(16-5-4-12-23-16)21-19(22-18)10-2-1-3-11-19/h4-9,12H,1-3,10-11,13H2. The lowest BCUT2D eigenvalue weighted by molar-refractivity contribution is 0.317. The summed E-state index contributed by atoms with van der Waals surface area (Å²) in [6.07, 6.45) is 5.82. The van der Waals surface area contributed by atoms with Crippen molar-refractivity contribution in [3.05, 3.63) is 58.0 Å². The van der Waals surface area contributed by atoms with Gasteiger partial charge in [0, 0.05) is 5.75 Å². The second-order valence-corrected chi connectivity index (χ2v) is 8.22. The van der Waals surface area contributed by atoms with Gasteiger partial charge in [-0.05, 0) is 54.8 Å². The molecule has 5 heteroatoms. The summed E-state index contributed by atoms with van der Waals surface area (Å²) in [4.78, 5) is 11.3. The average Bonchev–Trinajstić information content (AvgIpc) is 3.23. The molecule has 0 amide bonds. The highest BCUT2D eigenvalue weighted by Gasteiger charge is 2.37. The molecule has 24 heavy (non-hydrogen) atoms. The first-order chi connectivity index (χ1) is 11.7. The Morgan fingerprint density at radius 1 is 1.04 bits per heavy atom. The molecule has 0 saturated heterocycles. The third-order valence-electron chi connectivity index (χ3n) is 4.53. The molecule has 1 aliphatic heterocycles. The van der Waals surface area contributed by atoms with Crippen molar-refractivity contribution in [2.45, 2.75) is 43.5 Å². The van der Waals surface area contributed by atoms with Gasteiger partial charge in [-0.15, -0.1) is 11.3 Å². The van der Waals surface area contributed by atoms with Crippen LogP contribution in [0, 0.1) is 5.82 Å². The minimum absolute atomic E-state index is 0.191. The fourth-order valence-electron chi connectivity index (χ4n) is 3.27. The van der Waals surface area contributed by atoms with Crippen LogP contribution in [0.2, 0.25) is 0 Å². The Morgan fingerprint density at radius 2 is 1.83 bits per heavy atom. The molecule has 0 radical (unpaired) electrons. The van der Waals surface area contributed by atoms with Gasteiger partial charge in [-0.3, -0.25) is 4.99 Å². The number of nitrogens with zero attached hydrogens (tertiary/aromatic N) is 2. The van der Waals surface area contributed by atoms with E-state index in [2.05, 4.69) is 17.5 Å². The number of halogens is 1. The van der Waals surface area contributed by atoms with Crippen LogP contribution in [0.4, 0.5) is 4.39 Å². The van der Waals surface area contributed by atoms with Crippen molar-refractivity contribution in [1.82, 2.24) is 0 Å². The molecule has 2 nitrogen and oxygen atoms in total. The summed E-state index contributed by atoms with van der Waals surface area (Å²) in [6.45, 7) is 0. The molecule has 0 bridgehead atoms. The van der Waals surface area contributed by atoms with Crippen molar-refractivity contribution in [2.75, 3.05) is 0 Å². The highest BCUT2D eigenvalue weighted by atomic mass is 32.2. The smallest absolute Gasteiger partial charge is 0.152 e. The molecular weight excluding hydrogens is 339 g/mol. The van der Waals surface area contributed by atoms with Crippen LogP contribution in [0.1, 0.15) is 42.5 Å². The zero-order valence-corrected chi connectivity index (χ0v) is 15.0. The van der Waals surface area contributed by atoms with Gasteiger partial charge in [0.2, 0.25) is 0 Å². The van der Waals surface area contributed by atoms with Crippen LogP contribution < -0.4 is 0 Å². The Kier molecular flexibility index (Phi) is 4.55. The van der Waals surface area contributed by atoms with Crippen molar-refractivity contribution >= 4 is 33.9 Å². The van der Waals surface area contributed by atoms with E-state index in [1.54, 1.807) is 23.1 Å². The van der Waals surface area contributed by atoms with Gasteiger partial charge in [0.25, 0.3) is 0 Å². The van der Waals surface area contributed by atoms with Gasteiger partial charge in [-0.2, -0.15) is 0 Å². The molecule has 0 unspecified atom stereocenters. The predicted octanol–water partition coefficient (Wildman–Crippen LogP) is 5.68. The maximum absolute atomic E-state index is 13.1. The average molecular weight is 359 g/mol. The summed E-state index contributed by atoms with van der Waals surface area (Å²) in [6, 6.07) is 10.9. The molecule has 1 saturated carbocycles. The van der Waals surface area contributed by atoms with E-state index in [1.165, 1.54) is 36.3 Å². The molecule has 1 spiro atoms. The van der Waals surface area contributed by atoms with Crippen molar-refractivity contribution in [3.8, 4) is 0 Å². The Hall–Kier alpha value is -1.46. The number of thiophene rings is 1. The summed E-state index contributed by atoms with van der Waals surface area (Å²) < 4.78 is 13.1. The van der Waals surface area contributed by atoms with E-state index in [9.17, 15) is 4.39 Å². The number of rotatable bonds is 3. The summed E-state index contributed by atoms with van der Waals surface area (Å²) in [7, 11) is 0. The number of thioether (sulfide) groups is 1. The monoisotopic (exact) mass is 358 g/mol. The molecule has 1 aromatic heterocycles. The van der Waals surface area contributed by atoms with Crippen molar-refractivity contribution < 1.29 is 4.39 Å². The Morgan fingerprint density at radius 3 is 2.54 bits per heavy atom. The van der Waals surface area contributed by atoms with Crippen LogP contribution in [0.5, 0.6) is 0 Å². The maximum atomic E-state index is 13.1. The molecule has 124 valence electrons. The number of hydrogen-bond acceptors (Lipinski definition) is 4. The van der Waals surface area contributed by atoms with Crippen molar-refractivity contribution in [1.29, 1.82) is 0 Å². The van der Waals surface area contributed by atoms with Crippen molar-refractivity contribution in [2.24, 2.45) is 9.98 Å². The largest absolute Gasteiger partial charge is 0.251 e. The van der Waals surface area contributed by atoms with Crippen molar-refractivity contribution in [3.63, 3.8) is 0 Å². The molecule has 0 atom stereocenters. The predicted molar refractivity (Wildman–Crippen MR) is 102 cm³/mol. The van der Waals surface area contributed by atoms with E-state index in [4.69, 9.17) is 9.98 Å². The number of aliphatic imine (C=N–C) groups is 2. The molecule has 2 heterocycles. The minimum Gasteiger partial charge on any atom is -0.251 e. The molecule has 2 aliphatic rings. The first-order valence-electron chi connectivity index (χ1n) is 8.35. The fourth-order valence-corrected chi connectivity index (χ4v) is 5.07. The van der Waals surface area contributed by atoms with Gasteiger partial charge in [0.1, 0.15) is 16.6 Å². The lowest BCUT2D eigenvalue weighted by atomic mass is 9.90. The molecule has 1 aliphatic carbocycles. The lowest BCUT2D eigenvalue weighted by Crippen LogP contribution is -2.25. The second-order valence-electron chi connectivity index (χ2n) is 6.31. The van der Waals surface area contributed by atoms with Crippen LogP contribution in [0.25, 0.3) is 0 Å². The van der Waals surface area contributed by atoms with E-state index in [0.29, 0.717) is 0 Å². The summed E-state index contributed by atoms with van der Waals surface area (Å²) in [5, 5.41) is 3.13. The summed E-state index contributed by atoms with van der Waals surface area (Å²) >= 11 is 3.44. The zero-order valence-electron chi connectivity index (χ0n) is 13.4. The highest BCUT2D eigenvalue weighted by Crippen LogP contribution is 2.39. The fraction of sp³-hybridized carbons (Fsp3) is 0.368. The van der Waals surface area contributed by atoms with E-state index < -0.39 is 0 Å². The normalized spacial score (nSPS) is 19.4. The SMILES string of the molecule is Fc1ccc(CSC2=NC3(CCCCC3)N=C2c2cccs2)cc1. The van der Waals surface area contributed by atoms with E-state index in [1.807, 2.05) is 12.1 Å². The van der Waals surface area contributed by atoms with E-state index >= 15 is 0 Å². The number of hydrogen-bond donors (Lipinski definition) is 0. The van der Waals surface area contributed by atoms with Gasteiger partial charge < -0.3 is 0 Å². The Labute approximate surface area is 149 Å². The van der Waals surface area contributed by atoms with Crippen LogP contribution in [0.15, 0.2) is 51.8 Å². The first-order valence-corrected chi connectivity index (χ1v) is 10.2. The summed E-state index contributed by atoms with van der Waals surface area (Å²) in [5.41, 5.74) is 1.95. The summed E-state index contributed by atoms with van der Waals surface area (Å²) in [5.74, 6) is 0.600. The molecular formula is C19H19FN2S2. The lowest BCUT2D eigenvalue weighted by Gasteiger charge is -2.27. The van der Waals surface area contributed by atoms with E-state index in [0.717, 1.165) is 34.9 Å². The maximum Gasteiger partial charge on any atom is 0.152 e. The van der Waals surface area contributed by atoms with Gasteiger partial charge in [0.15, 0.2) is 5.66 Å². The number of benzene rings is 1. The third kappa shape index (κ3) is 3.33. The second kappa shape index (κ2) is 6.81. The van der Waals surface area contributed by atoms with E-state index in [-0.39, 0.29) is 11.5 Å². The van der Waals surface area contributed by atoms with Crippen LogP contribution >= 0.6 is 23.1 Å². The first kappa shape index (κ1) is 16.0. The van der Waals surface area contributed by atoms with Gasteiger partial charge in [-0.1, -0.05) is 36.4 Å². The molecule has 0 N–H and O–H groups in total. The molecule has 4 rings (SSSR count). The Balaban J connectivity index is 1.58. The third-order valence-corrected chi connectivity index (χ3v) is 6.44. The van der Waals surface area contributed by atoms with Crippen LogP contribution in [0.3, 0.4) is 0 Å². The van der Waals surface area contributed by atoms with Crippen LogP contribution in [-0.4, -0.2) is 16.4 Å². The molecule has 1 fully saturated rings. The highest BCUT2D eigenvalue weighted by molar-refractivity contribution is 8.15. The van der Waals surface area contributed by atoms with Gasteiger partial charge in [0.05, 0.1) is 4.88 Å². The molecule has 2 aromatic rings. The Bertz CT molecular complexity index is 757. The minimum atomic E-state index is -0.220. The van der Waals surface area contributed by atoms with Crippen LogP contribution in [-0.2, 0) is 5.75 Å². The topological polar surface area (TPSA) is 24.7 Å². The van der Waals surface area contributed by atoms with Gasteiger partial charge in [-0.25, -0.2) is 9.38 Å². The zero-order chi connectivity index (χ0) is 16.4. The quantitative estimate of drug-likeness (QED) is 0.692. The molecule has 1 aromatic carbocycles. The van der Waals surface area contributed by atoms with Gasteiger partial charge >= 0.3 is 0 Å².